The van der Waals surface area contributed by atoms with Gasteiger partial charge in [-0.25, -0.2) is 4.79 Å². The van der Waals surface area contributed by atoms with E-state index < -0.39 is 23.6 Å². The summed E-state index contributed by atoms with van der Waals surface area (Å²) in [5.41, 5.74) is 0. The molecule has 0 aromatic heterocycles. The van der Waals surface area contributed by atoms with Crippen LogP contribution in [-0.2, 0) is 23.7 Å². The molecule has 3 unspecified atom stereocenters. The Kier molecular flexibility index (Phi) is 9.98. The summed E-state index contributed by atoms with van der Waals surface area (Å²) >= 11 is 0. The van der Waals surface area contributed by atoms with Crippen molar-refractivity contribution in [2.75, 3.05) is 14.2 Å². The van der Waals surface area contributed by atoms with E-state index in [1.54, 1.807) is 13.8 Å². The molecule has 1 aliphatic rings. The standard InChI is InChI=1S/C22H30O5/c1-6-7-8-9-10-11-12-13-14-15-16-17-18-19-20(23)27-22(3,25-5)21(2,24-4)26-19/h19H,6-7,14-18H2,1-5H3. The van der Waals surface area contributed by atoms with Crippen LogP contribution in [0.3, 0.4) is 0 Å². The van der Waals surface area contributed by atoms with Crippen LogP contribution in [0.25, 0.3) is 0 Å². The van der Waals surface area contributed by atoms with E-state index in [2.05, 4.69) is 42.4 Å². The Balaban J connectivity index is 2.33. The van der Waals surface area contributed by atoms with Gasteiger partial charge in [0.1, 0.15) is 0 Å². The van der Waals surface area contributed by atoms with Crippen molar-refractivity contribution in [3.05, 3.63) is 0 Å². The SMILES string of the molecule is CCCC#CC#CC#CCCCCCC1OC(C)(OC)C(C)(OC)OC1=O. The minimum absolute atomic E-state index is 0.423. The maximum absolute atomic E-state index is 12.2. The molecule has 0 radical (unpaired) electrons. The van der Waals surface area contributed by atoms with Crippen LogP contribution in [0.15, 0.2) is 0 Å². The fourth-order valence-electron chi connectivity index (χ4n) is 2.54. The van der Waals surface area contributed by atoms with E-state index >= 15 is 0 Å². The average molecular weight is 374 g/mol. The Hall–Kier alpha value is -1.97. The quantitative estimate of drug-likeness (QED) is 0.370. The van der Waals surface area contributed by atoms with Crippen LogP contribution < -0.4 is 0 Å². The fraction of sp³-hybridized carbons (Fsp3) is 0.682. The van der Waals surface area contributed by atoms with Crippen molar-refractivity contribution in [3.8, 4) is 35.5 Å². The van der Waals surface area contributed by atoms with Gasteiger partial charge >= 0.3 is 5.97 Å². The third kappa shape index (κ3) is 6.93. The van der Waals surface area contributed by atoms with Crippen molar-refractivity contribution in [2.45, 2.75) is 83.4 Å². The summed E-state index contributed by atoms with van der Waals surface area (Å²) < 4.78 is 22.0. The molecule has 5 heteroatoms. The molecule has 0 N–H and O–H groups in total. The molecule has 0 aromatic rings. The molecule has 3 atom stereocenters. The first kappa shape index (κ1) is 23.1. The van der Waals surface area contributed by atoms with Crippen LogP contribution in [0.4, 0.5) is 0 Å². The van der Waals surface area contributed by atoms with Crippen molar-refractivity contribution < 1.29 is 23.7 Å². The summed E-state index contributed by atoms with van der Waals surface area (Å²) in [5.74, 6) is 14.1. The zero-order valence-corrected chi connectivity index (χ0v) is 17.1. The first-order chi connectivity index (χ1) is 12.9. The highest BCUT2D eigenvalue weighted by molar-refractivity contribution is 5.75. The third-order valence-electron chi connectivity index (χ3n) is 4.54. The maximum Gasteiger partial charge on any atom is 0.338 e. The van der Waals surface area contributed by atoms with Crippen LogP contribution in [0.1, 0.15) is 65.7 Å². The molecule has 0 aromatic carbocycles. The lowest BCUT2D eigenvalue weighted by atomic mass is 10.0. The minimum atomic E-state index is -1.27. The molecule has 27 heavy (non-hydrogen) atoms. The Morgan fingerprint density at radius 2 is 1.56 bits per heavy atom. The van der Waals surface area contributed by atoms with Gasteiger partial charge in [-0.05, 0) is 49.9 Å². The van der Waals surface area contributed by atoms with Crippen molar-refractivity contribution in [2.24, 2.45) is 0 Å². The molecule has 0 aliphatic carbocycles. The summed E-state index contributed by atoms with van der Waals surface area (Å²) in [5, 5.41) is 0. The second-order valence-corrected chi connectivity index (χ2v) is 6.53. The lowest BCUT2D eigenvalue weighted by Gasteiger charge is -2.47. The second-order valence-electron chi connectivity index (χ2n) is 6.53. The summed E-state index contributed by atoms with van der Waals surface area (Å²) in [7, 11) is 2.96. The molecule has 1 fully saturated rings. The smallest absolute Gasteiger partial charge is 0.338 e. The number of carbonyl (C=O) groups excluding carboxylic acids is 1. The first-order valence-corrected chi connectivity index (χ1v) is 9.39. The van der Waals surface area contributed by atoms with Gasteiger partial charge in [0.25, 0.3) is 5.79 Å². The highest BCUT2D eigenvalue weighted by Crippen LogP contribution is 2.38. The Bertz CT molecular complexity index is 666. The number of hydrogen-bond donors (Lipinski definition) is 0. The minimum Gasteiger partial charge on any atom is -0.425 e. The fourth-order valence-corrected chi connectivity index (χ4v) is 2.54. The van der Waals surface area contributed by atoms with Gasteiger partial charge in [-0.2, -0.15) is 0 Å². The molecular weight excluding hydrogens is 344 g/mol. The van der Waals surface area contributed by atoms with Crippen LogP contribution in [0.5, 0.6) is 0 Å². The number of esters is 1. The van der Waals surface area contributed by atoms with Gasteiger partial charge in [-0.15, -0.1) is 0 Å². The van der Waals surface area contributed by atoms with E-state index in [4.69, 9.17) is 18.9 Å². The molecule has 0 bridgehead atoms. The molecule has 1 saturated heterocycles. The predicted molar refractivity (Wildman–Crippen MR) is 103 cm³/mol. The van der Waals surface area contributed by atoms with Crippen LogP contribution in [0, 0.1) is 35.5 Å². The molecule has 148 valence electrons. The molecule has 1 rings (SSSR count). The van der Waals surface area contributed by atoms with Crippen molar-refractivity contribution in [3.63, 3.8) is 0 Å². The zero-order chi connectivity index (χ0) is 20.2. The summed E-state index contributed by atoms with van der Waals surface area (Å²) in [6.07, 6.45) is 5.31. The third-order valence-corrected chi connectivity index (χ3v) is 4.54. The van der Waals surface area contributed by atoms with Gasteiger partial charge < -0.3 is 18.9 Å². The Morgan fingerprint density at radius 1 is 0.926 bits per heavy atom. The normalized spacial score (nSPS) is 26.6. The maximum atomic E-state index is 12.2. The molecule has 0 amide bonds. The van der Waals surface area contributed by atoms with Crippen molar-refractivity contribution in [1.29, 1.82) is 0 Å². The Labute approximate surface area is 163 Å². The zero-order valence-electron chi connectivity index (χ0n) is 17.1. The molecule has 5 nitrogen and oxygen atoms in total. The first-order valence-electron chi connectivity index (χ1n) is 9.39. The van der Waals surface area contributed by atoms with Crippen molar-refractivity contribution in [1.82, 2.24) is 0 Å². The number of carbonyl (C=O) groups is 1. The van der Waals surface area contributed by atoms with Crippen molar-refractivity contribution >= 4 is 5.97 Å². The summed E-state index contributed by atoms with van der Waals surface area (Å²) in [4.78, 5) is 12.2. The monoisotopic (exact) mass is 374 g/mol. The van der Waals surface area contributed by atoms with E-state index in [0.717, 1.165) is 38.5 Å². The number of hydrogen-bond acceptors (Lipinski definition) is 5. The van der Waals surface area contributed by atoms with Crippen LogP contribution in [-0.4, -0.2) is 37.9 Å². The lowest BCUT2D eigenvalue weighted by Crippen LogP contribution is -2.64. The number of methoxy groups -OCH3 is 2. The molecular formula is C22H30O5. The van der Waals surface area contributed by atoms with E-state index in [-0.39, 0.29) is 0 Å². The van der Waals surface area contributed by atoms with Gasteiger partial charge in [0.05, 0.1) is 0 Å². The van der Waals surface area contributed by atoms with Crippen LogP contribution in [0.2, 0.25) is 0 Å². The van der Waals surface area contributed by atoms with Gasteiger partial charge in [-0.3, -0.25) is 0 Å². The number of cyclic esters (lactones) is 1. The number of rotatable bonds is 8. The number of unbranched alkanes of at least 4 members (excludes halogenated alkanes) is 4. The molecule has 0 saturated carbocycles. The highest BCUT2D eigenvalue weighted by atomic mass is 16.8. The van der Waals surface area contributed by atoms with Crippen LogP contribution >= 0.6 is 0 Å². The van der Waals surface area contributed by atoms with Gasteiger partial charge in [0, 0.05) is 34.0 Å². The number of ether oxygens (including phenoxy) is 4. The lowest BCUT2D eigenvalue weighted by molar-refractivity contribution is -0.406. The topological polar surface area (TPSA) is 54.0 Å². The largest absolute Gasteiger partial charge is 0.425 e. The summed E-state index contributed by atoms with van der Waals surface area (Å²) in [6.45, 7) is 5.42. The average Bonchev–Trinajstić information content (AvgIpc) is 2.66. The van der Waals surface area contributed by atoms with Gasteiger partial charge in [0.15, 0.2) is 6.10 Å². The van der Waals surface area contributed by atoms with Gasteiger partial charge in [0.2, 0.25) is 5.79 Å². The predicted octanol–water partition coefficient (Wildman–Crippen LogP) is 3.41. The van der Waals surface area contributed by atoms with E-state index in [9.17, 15) is 4.79 Å². The molecule has 1 aliphatic heterocycles. The van der Waals surface area contributed by atoms with E-state index in [0.29, 0.717) is 6.42 Å². The Morgan fingerprint density at radius 3 is 2.15 bits per heavy atom. The molecule has 0 spiro atoms. The van der Waals surface area contributed by atoms with E-state index in [1.165, 1.54) is 14.2 Å². The van der Waals surface area contributed by atoms with Gasteiger partial charge in [-0.1, -0.05) is 31.6 Å². The van der Waals surface area contributed by atoms with E-state index in [1.807, 2.05) is 0 Å². The molecule has 1 heterocycles. The second kappa shape index (κ2) is 11.7. The highest BCUT2D eigenvalue weighted by Gasteiger charge is 2.57. The summed E-state index contributed by atoms with van der Waals surface area (Å²) in [6, 6.07) is 0.